The van der Waals surface area contributed by atoms with Crippen molar-refractivity contribution in [1.82, 2.24) is 25.1 Å². The molecule has 3 heterocycles. The van der Waals surface area contributed by atoms with E-state index in [0.717, 1.165) is 43.0 Å². The lowest BCUT2D eigenvalue weighted by molar-refractivity contribution is 0.286. The molecule has 3 rings (SSSR count). The van der Waals surface area contributed by atoms with E-state index in [1.807, 2.05) is 0 Å². The number of nitriles is 1. The van der Waals surface area contributed by atoms with Crippen LogP contribution in [0.4, 0.5) is 5.82 Å². The lowest BCUT2D eigenvalue weighted by Crippen LogP contribution is -2.46. The maximum Gasteiger partial charge on any atom is 0.160 e. The lowest BCUT2D eigenvalue weighted by atomic mass is 10.3. The number of nitrogens with zero attached hydrogens (tertiary/aromatic N) is 6. The molecule has 0 unspecified atom stereocenters. The van der Waals surface area contributed by atoms with Gasteiger partial charge in [-0.05, 0) is 0 Å². The number of piperazine rings is 1. The van der Waals surface area contributed by atoms with Crippen molar-refractivity contribution in [1.29, 1.82) is 5.26 Å². The van der Waals surface area contributed by atoms with Crippen LogP contribution in [-0.2, 0) is 0 Å². The van der Waals surface area contributed by atoms with E-state index in [1.54, 1.807) is 12.5 Å². The summed E-state index contributed by atoms with van der Waals surface area (Å²) in [6.07, 6.45) is 3.31. The third kappa shape index (κ3) is 1.87. The first-order valence-electron chi connectivity index (χ1n) is 5.87. The molecule has 1 fully saturated rings. The number of rotatable bonds is 2. The molecule has 2 aromatic heterocycles. The van der Waals surface area contributed by atoms with Crippen LogP contribution in [0.15, 0.2) is 12.5 Å². The van der Waals surface area contributed by atoms with Crippen LogP contribution in [0.5, 0.6) is 0 Å². The fourth-order valence-electron chi connectivity index (χ4n) is 2.22. The minimum atomic E-state index is 0.499. The number of aromatic amines is 1. The Balaban J connectivity index is 1.80. The number of hydrogen-bond donors (Lipinski definition) is 1. The predicted molar refractivity (Wildman–Crippen MR) is 65.9 cm³/mol. The molecule has 0 aliphatic carbocycles. The molecule has 0 amide bonds. The molecule has 1 saturated heterocycles. The highest BCUT2D eigenvalue weighted by Crippen LogP contribution is 2.21. The largest absolute Gasteiger partial charge is 0.353 e. The fraction of sp³-hybridized carbons (Fsp3) is 0.455. The maximum absolute atomic E-state index is 8.68. The van der Waals surface area contributed by atoms with Crippen LogP contribution in [0, 0.1) is 11.3 Å². The highest BCUT2D eigenvalue weighted by molar-refractivity contribution is 5.86. The predicted octanol–water partition coefficient (Wildman–Crippen LogP) is -0.00152. The molecule has 0 bridgehead atoms. The quantitative estimate of drug-likeness (QED) is 0.747. The molecule has 1 aliphatic heterocycles. The van der Waals surface area contributed by atoms with Crippen molar-refractivity contribution < 1.29 is 0 Å². The van der Waals surface area contributed by atoms with Crippen LogP contribution in [0.25, 0.3) is 11.0 Å². The zero-order chi connectivity index (χ0) is 12.4. The molecular formula is C11H13N7. The van der Waals surface area contributed by atoms with E-state index in [0.29, 0.717) is 6.54 Å². The molecule has 92 valence electrons. The van der Waals surface area contributed by atoms with Crippen LogP contribution in [0.2, 0.25) is 0 Å². The molecular weight excluding hydrogens is 230 g/mol. The second-order valence-corrected chi connectivity index (χ2v) is 4.25. The summed E-state index contributed by atoms with van der Waals surface area (Å²) in [6, 6.07) is 2.18. The van der Waals surface area contributed by atoms with E-state index in [9.17, 15) is 0 Å². The van der Waals surface area contributed by atoms with Crippen molar-refractivity contribution in [3.8, 4) is 6.07 Å². The maximum atomic E-state index is 8.68. The summed E-state index contributed by atoms with van der Waals surface area (Å²) in [5.74, 6) is 0.922. The highest BCUT2D eigenvalue weighted by Gasteiger charge is 2.19. The summed E-state index contributed by atoms with van der Waals surface area (Å²) in [6.45, 7) is 4.02. The van der Waals surface area contributed by atoms with Gasteiger partial charge in [-0.25, -0.2) is 9.97 Å². The molecule has 1 aliphatic rings. The Hall–Kier alpha value is -2.20. The zero-order valence-corrected chi connectivity index (χ0v) is 9.87. The third-order valence-corrected chi connectivity index (χ3v) is 3.19. The zero-order valence-electron chi connectivity index (χ0n) is 9.87. The number of nitrogens with one attached hydrogen (secondary N) is 1. The van der Waals surface area contributed by atoms with Gasteiger partial charge in [0, 0.05) is 26.2 Å². The van der Waals surface area contributed by atoms with Gasteiger partial charge in [0.25, 0.3) is 0 Å². The number of aromatic nitrogens is 4. The molecule has 0 saturated carbocycles. The van der Waals surface area contributed by atoms with Gasteiger partial charge in [-0.1, -0.05) is 0 Å². The van der Waals surface area contributed by atoms with Gasteiger partial charge in [0.2, 0.25) is 0 Å². The smallest absolute Gasteiger partial charge is 0.160 e. The summed E-state index contributed by atoms with van der Waals surface area (Å²) in [7, 11) is 0. The van der Waals surface area contributed by atoms with Crippen molar-refractivity contribution in [3.63, 3.8) is 0 Å². The summed E-state index contributed by atoms with van der Waals surface area (Å²) < 4.78 is 0. The van der Waals surface area contributed by atoms with Gasteiger partial charge >= 0.3 is 0 Å². The third-order valence-electron chi connectivity index (χ3n) is 3.19. The molecule has 0 spiro atoms. The van der Waals surface area contributed by atoms with Crippen molar-refractivity contribution >= 4 is 16.9 Å². The van der Waals surface area contributed by atoms with Crippen LogP contribution in [0.1, 0.15) is 0 Å². The van der Waals surface area contributed by atoms with Gasteiger partial charge in [-0.15, -0.1) is 0 Å². The second-order valence-electron chi connectivity index (χ2n) is 4.25. The molecule has 0 aromatic carbocycles. The molecule has 1 N–H and O–H groups in total. The molecule has 0 atom stereocenters. The first kappa shape index (κ1) is 10.9. The topological polar surface area (TPSA) is 84.7 Å². The van der Waals surface area contributed by atoms with Gasteiger partial charge in [0.1, 0.15) is 12.1 Å². The standard InChI is InChI=1S/C11H13N7/c12-1-2-17-3-5-18(6-4-17)11-9-7-15-16-10(9)13-8-14-11/h7-8H,2-6H2,(H,13,14,15,16). The molecule has 2 aromatic rings. The Morgan fingerprint density at radius 2 is 2.11 bits per heavy atom. The van der Waals surface area contributed by atoms with Crippen LogP contribution < -0.4 is 4.90 Å². The SMILES string of the molecule is N#CCN1CCN(c2ncnc3[nH]ncc23)CC1. The number of hydrogen-bond acceptors (Lipinski definition) is 6. The first-order chi connectivity index (χ1) is 8.88. The van der Waals surface area contributed by atoms with E-state index >= 15 is 0 Å². The van der Waals surface area contributed by atoms with Crippen molar-refractivity contribution in [2.24, 2.45) is 0 Å². The number of anilines is 1. The highest BCUT2D eigenvalue weighted by atomic mass is 15.3. The van der Waals surface area contributed by atoms with Crippen LogP contribution >= 0.6 is 0 Å². The summed E-state index contributed by atoms with van der Waals surface area (Å²) in [5.41, 5.74) is 0.763. The van der Waals surface area contributed by atoms with Crippen molar-refractivity contribution in [2.75, 3.05) is 37.6 Å². The Morgan fingerprint density at radius 1 is 1.28 bits per heavy atom. The Kier molecular flexibility index (Phi) is 2.78. The Bertz CT molecular complexity index is 576. The normalized spacial score (nSPS) is 16.9. The number of H-pyrrole nitrogens is 1. The van der Waals surface area contributed by atoms with Gasteiger partial charge in [-0.3, -0.25) is 10.00 Å². The van der Waals surface area contributed by atoms with Crippen molar-refractivity contribution in [2.45, 2.75) is 0 Å². The average molecular weight is 243 g/mol. The summed E-state index contributed by atoms with van der Waals surface area (Å²) in [5, 5.41) is 16.5. The van der Waals surface area contributed by atoms with Crippen LogP contribution in [-0.4, -0.2) is 57.8 Å². The molecule has 0 radical (unpaired) electrons. The first-order valence-corrected chi connectivity index (χ1v) is 5.87. The average Bonchev–Trinajstić information content (AvgIpc) is 2.88. The lowest BCUT2D eigenvalue weighted by Gasteiger charge is -2.34. The molecule has 7 nitrogen and oxygen atoms in total. The van der Waals surface area contributed by atoms with Crippen LogP contribution in [0.3, 0.4) is 0 Å². The van der Waals surface area contributed by atoms with E-state index < -0.39 is 0 Å². The molecule has 18 heavy (non-hydrogen) atoms. The minimum Gasteiger partial charge on any atom is -0.353 e. The van der Waals surface area contributed by atoms with Gasteiger partial charge < -0.3 is 4.90 Å². The van der Waals surface area contributed by atoms with Crippen molar-refractivity contribution in [3.05, 3.63) is 12.5 Å². The van der Waals surface area contributed by atoms with E-state index in [4.69, 9.17) is 5.26 Å². The number of fused-ring (bicyclic) bond motifs is 1. The van der Waals surface area contributed by atoms with Gasteiger partial charge in [-0.2, -0.15) is 10.4 Å². The molecule has 7 heteroatoms. The summed E-state index contributed by atoms with van der Waals surface area (Å²) in [4.78, 5) is 12.8. The Morgan fingerprint density at radius 3 is 2.89 bits per heavy atom. The van der Waals surface area contributed by atoms with E-state index in [2.05, 4.69) is 36.0 Å². The fourth-order valence-corrected chi connectivity index (χ4v) is 2.22. The van der Waals surface area contributed by atoms with E-state index in [1.165, 1.54) is 0 Å². The second kappa shape index (κ2) is 4.58. The van der Waals surface area contributed by atoms with Gasteiger partial charge in [0.15, 0.2) is 5.65 Å². The summed E-state index contributed by atoms with van der Waals surface area (Å²) >= 11 is 0. The Labute approximate surface area is 104 Å². The van der Waals surface area contributed by atoms with Gasteiger partial charge in [0.05, 0.1) is 24.2 Å². The van der Waals surface area contributed by atoms with E-state index in [-0.39, 0.29) is 0 Å². The minimum absolute atomic E-state index is 0.499. The monoisotopic (exact) mass is 243 g/mol.